The van der Waals surface area contributed by atoms with Gasteiger partial charge in [-0.1, -0.05) is 19.8 Å². The summed E-state index contributed by atoms with van der Waals surface area (Å²) in [4.78, 5) is 0. The van der Waals surface area contributed by atoms with Crippen molar-refractivity contribution in [1.29, 1.82) is 0 Å². The molecule has 1 heterocycles. The van der Waals surface area contributed by atoms with Gasteiger partial charge in [-0.05, 0) is 32.5 Å². The normalized spacial score (nSPS) is 13.2. The number of nitrogens with zero attached hydrogens (tertiary/aromatic N) is 2. The van der Waals surface area contributed by atoms with Crippen LogP contribution in [0.15, 0.2) is 0 Å². The molecule has 0 fully saturated rings. The van der Waals surface area contributed by atoms with E-state index in [0.717, 1.165) is 10.6 Å². The molecule has 0 radical (unpaired) electrons. The molecule has 0 aliphatic rings. The van der Waals surface area contributed by atoms with E-state index >= 15 is 0 Å². The van der Waals surface area contributed by atoms with Crippen LogP contribution in [0.3, 0.4) is 0 Å². The van der Waals surface area contributed by atoms with Crippen molar-refractivity contribution in [2.45, 2.75) is 46.1 Å². The Morgan fingerprint density at radius 1 is 1.62 bits per heavy atom. The van der Waals surface area contributed by atoms with Gasteiger partial charge in [-0.2, -0.15) is 5.10 Å². The Morgan fingerprint density at radius 2 is 2.31 bits per heavy atom. The lowest BCUT2D eigenvalue weighted by Crippen LogP contribution is -2.07. The number of aromatic nitrogens is 3. The maximum Gasteiger partial charge on any atom is 0.195 e. The van der Waals surface area contributed by atoms with E-state index in [9.17, 15) is 0 Å². The van der Waals surface area contributed by atoms with Gasteiger partial charge in [0.25, 0.3) is 0 Å². The highest BCUT2D eigenvalue weighted by molar-refractivity contribution is 7.71. The quantitative estimate of drug-likeness (QED) is 0.756. The fourth-order valence-electron chi connectivity index (χ4n) is 1.53. The van der Waals surface area contributed by atoms with Crippen LogP contribution in [0.4, 0.5) is 0 Å². The molecular weight excluding hydrogens is 182 g/mol. The monoisotopic (exact) mass is 199 g/mol. The molecule has 0 saturated carbocycles. The molecule has 1 atom stereocenters. The van der Waals surface area contributed by atoms with Crippen LogP contribution in [-0.4, -0.2) is 14.8 Å². The highest BCUT2D eigenvalue weighted by Gasteiger charge is 2.08. The first-order valence-corrected chi connectivity index (χ1v) is 5.21. The number of aromatic amines is 1. The van der Waals surface area contributed by atoms with Gasteiger partial charge >= 0.3 is 0 Å². The van der Waals surface area contributed by atoms with Crippen molar-refractivity contribution in [1.82, 2.24) is 14.8 Å². The summed E-state index contributed by atoms with van der Waals surface area (Å²) in [5.41, 5.74) is 0. The Balaban J connectivity index is 2.75. The van der Waals surface area contributed by atoms with E-state index in [1.54, 1.807) is 0 Å². The number of nitrogens with one attached hydrogen (secondary N) is 1. The minimum Gasteiger partial charge on any atom is -0.302 e. The summed E-state index contributed by atoms with van der Waals surface area (Å²) in [6.45, 7) is 6.37. The Labute approximate surface area is 84.2 Å². The zero-order valence-electron chi connectivity index (χ0n) is 8.50. The van der Waals surface area contributed by atoms with Crippen molar-refractivity contribution in [2.24, 2.45) is 0 Å². The first-order valence-electron chi connectivity index (χ1n) is 4.80. The van der Waals surface area contributed by atoms with Crippen LogP contribution in [-0.2, 0) is 0 Å². The molecule has 0 bridgehead atoms. The average Bonchev–Trinajstić information content (AvgIpc) is 2.42. The number of rotatable bonds is 4. The molecule has 0 aromatic carbocycles. The van der Waals surface area contributed by atoms with Gasteiger partial charge < -0.3 is 4.57 Å². The molecule has 1 rings (SSSR count). The first kappa shape index (κ1) is 10.4. The van der Waals surface area contributed by atoms with Crippen LogP contribution in [0.25, 0.3) is 0 Å². The van der Waals surface area contributed by atoms with Crippen LogP contribution in [0.1, 0.15) is 45.0 Å². The Kier molecular flexibility index (Phi) is 3.66. The molecule has 0 aliphatic carbocycles. The van der Waals surface area contributed by atoms with Gasteiger partial charge in [0.2, 0.25) is 0 Å². The molecule has 0 aliphatic heterocycles. The van der Waals surface area contributed by atoms with Crippen molar-refractivity contribution in [3.8, 4) is 0 Å². The van der Waals surface area contributed by atoms with Crippen LogP contribution in [0.2, 0.25) is 0 Å². The Hall–Kier alpha value is -0.640. The van der Waals surface area contributed by atoms with E-state index < -0.39 is 0 Å². The molecule has 1 aromatic rings. The van der Waals surface area contributed by atoms with Gasteiger partial charge in [-0.25, -0.2) is 0 Å². The molecule has 74 valence electrons. The van der Waals surface area contributed by atoms with E-state index in [0.29, 0.717) is 6.04 Å². The second-order valence-electron chi connectivity index (χ2n) is 3.44. The molecule has 4 heteroatoms. The van der Waals surface area contributed by atoms with Crippen molar-refractivity contribution in [3.63, 3.8) is 0 Å². The number of H-pyrrole nitrogens is 1. The van der Waals surface area contributed by atoms with E-state index in [1.807, 2.05) is 6.92 Å². The summed E-state index contributed by atoms with van der Waals surface area (Å²) in [7, 11) is 0. The summed E-state index contributed by atoms with van der Waals surface area (Å²) in [6, 6.07) is 0.464. The van der Waals surface area contributed by atoms with Crippen LogP contribution in [0.5, 0.6) is 0 Å². The lowest BCUT2D eigenvalue weighted by molar-refractivity contribution is 0.471. The highest BCUT2D eigenvalue weighted by atomic mass is 32.1. The highest BCUT2D eigenvalue weighted by Crippen LogP contribution is 2.15. The van der Waals surface area contributed by atoms with E-state index in [4.69, 9.17) is 12.2 Å². The Bertz CT molecular complexity index is 313. The standard InChI is InChI=1S/C9H17N3S/c1-4-5-6-7(2)12-8(3)10-11-9(12)13/h7H,4-6H2,1-3H3,(H,11,13). The summed E-state index contributed by atoms with van der Waals surface area (Å²) in [6.07, 6.45) is 3.65. The van der Waals surface area contributed by atoms with Crippen LogP contribution >= 0.6 is 12.2 Å². The topological polar surface area (TPSA) is 33.6 Å². The van der Waals surface area contributed by atoms with Gasteiger partial charge in [-0.3, -0.25) is 5.10 Å². The largest absolute Gasteiger partial charge is 0.302 e. The van der Waals surface area contributed by atoms with Gasteiger partial charge in [-0.15, -0.1) is 0 Å². The third-order valence-corrected chi connectivity index (χ3v) is 2.58. The van der Waals surface area contributed by atoms with Crippen LogP contribution in [0, 0.1) is 11.7 Å². The summed E-state index contributed by atoms with van der Waals surface area (Å²) < 4.78 is 2.83. The van der Waals surface area contributed by atoms with Crippen LogP contribution < -0.4 is 0 Å². The predicted octanol–water partition coefficient (Wildman–Crippen LogP) is 3.00. The second kappa shape index (κ2) is 4.56. The van der Waals surface area contributed by atoms with Crippen molar-refractivity contribution in [3.05, 3.63) is 10.6 Å². The lowest BCUT2D eigenvalue weighted by Gasteiger charge is -2.13. The third kappa shape index (κ3) is 2.40. The molecule has 1 N–H and O–H groups in total. The summed E-state index contributed by atoms with van der Waals surface area (Å²) in [5.74, 6) is 0.980. The SMILES string of the molecule is CCCCC(C)n1c(C)n[nH]c1=S. The van der Waals surface area contributed by atoms with Crippen molar-refractivity contribution < 1.29 is 0 Å². The summed E-state index contributed by atoms with van der Waals surface area (Å²) >= 11 is 5.14. The molecule has 13 heavy (non-hydrogen) atoms. The van der Waals surface area contributed by atoms with E-state index in [1.165, 1.54) is 19.3 Å². The molecular formula is C9H17N3S. The molecule has 1 unspecified atom stereocenters. The second-order valence-corrected chi connectivity index (χ2v) is 3.82. The fourth-order valence-corrected chi connectivity index (χ4v) is 1.89. The van der Waals surface area contributed by atoms with E-state index in [-0.39, 0.29) is 0 Å². The number of hydrogen-bond acceptors (Lipinski definition) is 2. The third-order valence-electron chi connectivity index (χ3n) is 2.30. The molecule has 0 spiro atoms. The number of unbranched alkanes of at least 4 members (excludes halogenated alkanes) is 1. The van der Waals surface area contributed by atoms with Gasteiger partial charge in [0.1, 0.15) is 5.82 Å². The van der Waals surface area contributed by atoms with Crippen molar-refractivity contribution in [2.75, 3.05) is 0 Å². The van der Waals surface area contributed by atoms with E-state index in [2.05, 4.69) is 28.6 Å². The molecule has 1 aromatic heterocycles. The van der Waals surface area contributed by atoms with Gasteiger partial charge in [0.05, 0.1) is 0 Å². The fraction of sp³-hybridized carbons (Fsp3) is 0.778. The lowest BCUT2D eigenvalue weighted by atomic mass is 10.1. The maximum absolute atomic E-state index is 5.14. The maximum atomic E-state index is 5.14. The zero-order valence-corrected chi connectivity index (χ0v) is 9.32. The minimum atomic E-state index is 0.464. The Morgan fingerprint density at radius 3 is 2.77 bits per heavy atom. The van der Waals surface area contributed by atoms with Gasteiger partial charge in [0.15, 0.2) is 4.77 Å². The smallest absolute Gasteiger partial charge is 0.195 e. The molecule has 3 nitrogen and oxygen atoms in total. The minimum absolute atomic E-state index is 0.464. The van der Waals surface area contributed by atoms with Gasteiger partial charge in [0, 0.05) is 6.04 Å². The van der Waals surface area contributed by atoms with Crippen molar-refractivity contribution >= 4 is 12.2 Å². The summed E-state index contributed by atoms with van der Waals surface area (Å²) in [5, 5.41) is 6.90. The molecule has 0 saturated heterocycles. The molecule has 0 amide bonds. The average molecular weight is 199 g/mol. The first-order chi connectivity index (χ1) is 6.16. The predicted molar refractivity (Wildman–Crippen MR) is 56.4 cm³/mol. The zero-order chi connectivity index (χ0) is 9.84. The number of aryl methyl sites for hydroxylation is 1. The number of hydrogen-bond donors (Lipinski definition) is 1.